The zero-order valence-corrected chi connectivity index (χ0v) is 17.7. The molecule has 31 heavy (non-hydrogen) atoms. The molecule has 0 fully saturated rings. The van der Waals surface area contributed by atoms with Crippen molar-refractivity contribution in [3.05, 3.63) is 83.9 Å². The van der Waals surface area contributed by atoms with Crippen LogP contribution in [0.4, 0.5) is 4.79 Å². The van der Waals surface area contributed by atoms with Crippen molar-refractivity contribution in [2.45, 2.75) is 32.9 Å². The Hall–Kier alpha value is -3.98. The third kappa shape index (κ3) is 7.09. The molecule has 0 heterocycles. The molecule has 0 atom stereocenters. The van der Waals surface area contributed by atoms with Crippen molar-refractivity contribution >= 4 is 6.09 Å². The van der Waals surface area contributed by atoms with Crippen LogP contribution < -0.4 is 14.8 Å². The molecule has 0 unspecified atom stereocenters. The smallest absolute Gasteiger partial charge is 0.407 e. The first kappa shape index (κ1) is 21.7. The summed E-state index contributed by atoms with van der Waals surface area (Å²) in [7, 11) is 0. The van der Waals surface area contributed by atoms with Gasteiger partial charge in [-0.25, -0.2) is 4.79 Å². The lowest BCUT2D eigenvalue weighted by molar-refractivity contribution is 0.0523. The molecule has 0 saturated heterocycles. The number of alkyl carbamates (subject to hydrolysis) is 1. The highest BCUT2D eigenvalue weighted by molar-refractivity contribution is 5.67. The van der Waals surface area contributed by atoms with Crippen molar-refractivity contribution in [3.63, 3.8) is 0 Å². The number of benzene rings is 3. The minimum absolute atomic E-state index is 0.364. The summed E-state index contributed by atoms with van der Waals surface area (Å²) in [5.74, 6) is 2.56. The van der Waals surface area contributed by atoms with E-state index in [0.717, 1.165) is 5.56 Å². The fourth-order valence-corrected chi connectivity index (χ4v) is 2.63. The van der Waals surface area contributed by atoms with Gasteiger partial charge in [0, 0.05) is 12.6 Å². The molecule has 0 spiro atoms. The lowest BCUT2D eigenvalue weighted by atomic mass is 10.2. The van der Waals surface area contributed by atoms with E-state index in [1.165, 1.54) is 0 Å². The highest BCUT2D eigenvalue weighted by atomic mass is 16.6. The monoisotopic (exact) mass is 416 g/mol. The number of hydrogen-bond acceptors (Lipinski definition) is 5. The van der Waals surface area contributed by atoms with E-state index in [9.17, 15) is 4.79 Å². The third-order valence-corrected chi connectivity index (χ3v) is 4.02. The molecule has 3 aromatic carbocycles. The van der Waals surface area contributed by atoms with E-state index in [1.807, 2.05) is 63.2 Å². The quantitative estimate of drug-likeness (QED) is 0.520. The molecule has 1 N–H and O–H groups in total. The lowest BCUT2D eigenvalue weighted by Gasteiger charge is -2.19. The summed E-state index contributed by atoms with van der Waals surface area (Å²) in [6.07, 6.45) is -0.452. The Morgan fingerprint density at radius 3 is 1.94 bits per heavy atom. The highest BCUT2D eigenvalue weighted by Crippen LogP contribution is 2.28. The summed E-state index contributed by atoms with van der Waals surface area (Å²) in [6, 6.07) is 23.7. The molecule has 0 aliphatic carbocycles. The van der Waals surface area contributed by atoms with Gasteiger partial charge in [0.05, 0.1) is 11.6 Å². The second-order valence-electron chi connectivity index (χ2n) is 7.81. The van der Waals surface area contributed by atoms with Crippen molar-refractivity contribution in [2.75, 3.05) is 0 Å². The van der Waals surface area contributed by atoms with E-state index in [2.05, 4.69) is 11.4 Å². The second kappa shape index (κ2) is 9.68. The zero-order valence-electron chi connectivity index (χ0n) is 17.7. The third-order valence-electron chi connectivity index (χ3n) is 4.02. The van der Waals surface area contributed by atoms with E-state index >= 15 is 0 Å². The van der Waals surface area contributed by atoms with Crippen molar-refractivity contribution in [2.24, 2.45) is 0 Å². The van der Waals surface area contributed by atoms with E-state index in [-0.39, 0.29) is 0 Å². The molecule has 0 aliphatic rings. The predicted molar refractivity (Wildman–Crippen MR) is 117 cm³/mol. The highest BCUT2D eigenvalue weighted by Gasteiger charge is 2.15. The molecule has 0 bridgehead atoms. The van der Waals surface area contributed by atoms with Gasteiger partial charge in [-0.2, -0.15) is 5.26 Å². The molecular formula is C25H24N2O4. The Kier molecular flexibility index (Phi) is 6.78. The predicted octanol–water partition coefficient (Wildman–Crippen LogP) is 6.17. The van der Waals surface area contributed by atoms with E-state index in [4.69, 9.17) is 19.5 Å². The number of carbonyl (C=O) groups excluding carboxylic acids is 1. The van der Waals surface area contributed by atoms with E-state index in [0.29, 0.717) is 35.1 Å². The molecule has 158 valence electrons. The first-order valence-corrected chi connectivity index (χ1v) is 9.82. The van der Waals surface area contributed by atoms with Crippen LogP contribution in [0, 0.1) is 11.3 Å². The molecule has 1 amide bonds. The van der Waals surface area contributed by atoms with Crippen LogP contribution in [0.2, 0.25) is 0 Å². The molecule has 6 nitrogen and oxygen atoms in total. The normalized spacial score (nSPS) is 10.6. The van der Waals surface area contributed by atoms with Crippen LogP contribution in [-0.2, 0) is 11.3 Å². The Balaban J connectivity index is 1.56. The van der Waals surface area contributed by atoms with Crippen molar-refractivity contribution in [3.8, 4) is 29.1 Å². The number of carbonyl (C=O) groups is 1. The van der Waals surface area contributed by atoms with Crippen molar-refractivity contribution < 1.29 is 19.0 Å². The average molecular weight is 416 g/mol. The number of nitrogens with zero attached hydrogens (tertiary/aromatic N) is 1. The fourth-order valence-electron chi connectivity index (χ4n) is 2.63. The number of amides is 1. The molecular weight excluding hydrogens is 392 g/mol. The van der Waals surface area contributed by atoms with Crippen LogP contribution in [0.15, 0.2) is 72.8 Å². The molecule has 6 heteroatoms. The van der Waals surface area contributed by atoms with Crippen LogP contribution >= 0.6 is 0 Å². The molecule has 0 aliphatic heterocycles. The lowest BCUT2D eigenvalue weighted by Crippen LogP contribution is -2.32. The van der Waals surface area contributed by atoms with E-state index in [1.54, 1.807) is 30.3 Å². The van der Waals surface area contributed by atoms with Gasteiger partial charge in [0.15, 0.2) is 0 Å². The molecule has 0 radical (unpaired) electrons. The Morgan fingerprint density at radius 1 is 0.871 bits per heavy atom. The van der Waals surface area contributed by atoms with Gasteiger partial charge in [0.2, 0.25) is 0 Å². The second-order valence-corrected chi connectivity index (χ2v) is 7.81. The number of rotatable bonds is 6. The number of hydrogen-bond donors (Lipinski definition) is 1. The van der Waals surface area contributed by atoms with Crippen LogP contribution in [0.1, 0.15) is 31.9 Å². The maximum atomic E-state index is 11.8. The molecule has 3 rings (SSSR count). The fraction of sp³-hybridized carbons (Fsp3) is 0.200. The number of ether oxygens (including phenoxy) is 3. The average Bonchev–Trinajstić information content (AvgIpc) is 2.73. The minimum Gasteiger partial charge on any atom is -0.457 e. The van der Waals surface area contributed by atoms with Gasteiger partial charge in [-0.3, -0.25) is 0 Å². The summed E-state index contributed by atoms with van der Waals surface area (Å²) in [6.45, 7) is 5.83. The van der Waals surface area contributed by atoms with Gasteiger partial charge in [-0.05, 0) is 74.9 Å². The summed E-state index contributed by atoms with van der Waals surface area (Å²) >= 11 is 0. The standard InChI is InChI=1S/C25H24N2O4/c1-25(2,3)31-24(28)27-17-19-9-13-21(14-10-19)30-23-6-4-5-22(15-23)29-20-11-7-18(16-26)8-12-20/h4-15H,17H2,1-3H3,(H,27,28). The van der Waals surface area contributed by atoms with Crippen LogP contribution in [0.3, 0.4) is 0 Å². The zero-order chi connectivity index (χ0) is 22.3. The Labute approximate surface area is 182 Å². The summed E-state index contributed by atoms with van der Waals surface area (Å²) in [4.78, 5) is 11.8. The maximum Gasteiger partial charge on any atom is 0.407 e. The van der Waals surface area contributed by atoms with Crippen LogP contribution in [0.5, 0.6) is 23.0 Å². The number of nitriles is 1. The van der Waals surface area contributed by atoms with Gasteiger partial charge < -0.3 is 19.5 Å². The maximum absolute atomic E-state index is 11.8. The van der Waals surface area contributed by atoms with Gasteiger partial charge in [-0.1, -0.05) is 18.2 Å². The van der Waals surface area contributed by atoms with Crippen molar-refractivity contribution in [1.29, 1.82) is 5.26 Å². The summed E-state index contributed by atoms with van der Waals surface area (Å²) in [5, 5.41) is 11.6. The summed E-state index contributed by atoms with van der Waals surface area (Å²) < 4.78 is 17.0. The molecule has 0 saturated carbocycles. The van der Waals surface area contributed by atoms with Gasteiger partial charge >= 0.3 is 6.09 Å². The largest absolute Gasteiger partial charge is 0.457 e. The van der Waals surface area contributed by atoms with Gasteiger partial charge in [0.1, 0.15) is 28.6 Å². The first-order valence-electron chi connectivity index (χ1n) is 9.82. The number of nitrogens with one attached hydrogen (secondary N) is 1. The first-order chi connectivity index (χ1) is 14.8. The SMILES string of the molecule is CC(C)(C)OC(=O)NCc1ccc(Oc2cccc(Oc3ccc(C#N)cc3)c2)cc1. The Bertz CT molecular complexity index is 1060. The van der Waals surface area contributed by atoms with Gasteiger partial charge in [-0.15, -0.1) is 0 Å². The van der Waals surface area contributed by atoms with Crippen LogP contribution in [0.25, 0.3) is 0 Å². The van der Waals surface area contributed by atoms with Crippen molar-refractivity contribution in [1.82, 2.24) is 5.32 Å². The Morgan fingerprint density at radius 2 is 1.42 bits per heavy atom. The molecule has 0 aromatic heterocycles. The molecule has 3 aromatic rings. The minimum atomic E-state index is -0.528. The summed E-state index contributed by atoms with van der Waals surface area (Å²) in [5.41, 5.74) is 0.977. The van der Waals surface area contributed by atoms with E-state index < -0.39 is 11.7 Å². The van der Waals surface area contributed by atoms with Crippen LogP contribution in [-0.4, -0.2) is 11.7 Å². The topological polar surface area (TPSA) is 80.6 Å². The van der Waals surface area contributed by atoms with Gasteiger partial charge in [0.25, 0.3) is 0 Å².